The molecule has 0 radical (unpaired) electrons. The molecule has 0 atom stereocenters. The van der Waals surface area contributed by atoms with Crippen LogP contribution in [0.3, 0.4) is 0 Å². The van der Waals surface area contributed by atoms with E-state index in [0.29, 0.717) is 12.6 Å². The van der Waals surface area contributed by atoms with Gasteiger partial charge in [-0.25, -0.2) is 4.79 Å². The van der Waals surface area contributed by atoms with Crippen molar-refractivity contribution < 1.29 is 9.59 Å². The summed E-state index contributed by atoms with van der Waals surface area (Å²) in [5.74, 6) is 0.121. The molecule has 0 aromatic rings. The van der Waals surface area contributed by atoms with Gasteiger partial charge in [-0.1, -0.05) is 0 Å². The maximum atomic E-state index is 12.5. The maximum Gasteiger partial charge on any atom is 0.320 e. The monoisotopic (exact) mass is 294 g/mol. The fourth-order valence-electron chi connectivity index (χ4n) is 3.61. The van der Waals surface area contributed by atoms with Crippen LogP contribution >= 0.6 is 0 Å². The molecule has 21 heavy (non-hydrogen) atoms. The summed E-state index contributed by atoms with van der Waals surface area (Å²) >= 11 is 0. The number of urea groups is 1. The van der Waals surface area contributed by atoms with Gasteiger partial charge in [0, 0.05) is 32.2 Å². The van der Waals surface area contributed by atoms with Gasteiger partial charge in [-0.3, -0.25) is 4.79 Å². The van der Waals surface area contributed by atoms with Gasteiger partial charge in [-0.2, -0.15) is 0 Å². The summed E-state index contributed by atoms with van der Waals surface area (Å²) in [6, 6.07) is 0.418. The van der Waals surface area contributed by atoms with E-state index in [9.17, 15) is 9.59 Å². The van der Waals surface area contributed by atoms with Crippen molar-refractivity contribution in [2.24, 2.45) is 0 Å². The predicted molar refractivity (Wildman–Crippen MR) is 80.0 cm³/mol. The van der Waals surface area contributed by atoms with Gasteiger partial charge in [-0.05, 0) is 45.2 Å². The van der Waals surface area contributed by atoms with Crippen LogP contribution in [0.25, 0.3) is 0 Å². The highest BCUT2D eigenvalue weighted by Gasteiger charge is 2.35. The Kier molecular flexibility index (Phi) is 4.63. The van der Waals surface area contributed by atoms with Gasteiger partial charge in [0.2, 0.25) is 5.91 Å². The molecule has 0 bridgehead atoms. The highest BCUT2D eigenvalue weighted by molar-refractivity contribution is 5.85. The smallest absolute Gasteiger partial charge is 0.320 e. The molecule has 3 aliphatic heterocycles. The zero-order valence-electron chi connectivity index (χ0n) is 12.7. The van der Waals surface area contributed by atoms with Crippen molar-refractivity contribution in [3.8, 4) is 0 Å². The average molecular weight is 294 g/mol. The van der Waals surface area contributed by atoms with Crippen LogP contribution in [0, 0.1) is 0 Å². The third-order valence-corrected chi connectivity index (χ3v) is 4.91. The Morgan fingerprint density at radius 3 is 2.48 bits per heavy atom. The number of rotatable bonds is 3. The lowest BCUT2D eigenvalue weighted by molar-refractivity contribution is -0.132. The molecule has 3 saturated heterocycles. The number of carbonyl (C=O) groups excluding carboxylic acids is 2. The molecule has 3 rings (SSSR count). The van der Waals surface area contributed by atoms with E-state index in [-0.39, 0.29) is 18.5 Å². The summed E-state index contributed by atoms with van der Waals surface area (Å²) in [7, 11) is 0. The van der Waals surface area contributed by atoms with Crippen molar-refractivity contribution in [3.05, 3.63) is 0 Å². The van der Waals surface area contributed by atoms with Gasteiger partial charge in [-0.15, -0.1) is 0 Å². The molecule has 6 nitrogen and oxygen atoms in total. The summed E-state index contributed by atoms with van der Waals surface area (Å²) in [4.78, 5) is 30.4. The van der Waals surface area contributed by atoms with Crippen LogP contribution in [0.4, 0.5) is 4.79 Å². The largest absolute Gasteiger partial charge is 0.341 e. The van der Waals surface area contributed by atoms with E-state index < -0.39 is 0 Å². The average Bonchev–Trinajstić information content (AvgIpc) is 2.90. The first kappa shape index (κ1) is 14.6. The zero-order chi connectivity index (χ0) is 14.7. The minimum Gasteiger partial charge on any atom is -0.341 e. The van der Waals surface area contributed by atoms with E-state index in [2.05, 4.69) is 5.32 Å². The topological polar surface area (TPSA) is 55.9 Å². The molecular weight excluding hydrogens is 268 g/mol. The van der Waals surface area contributed by atoms with Crippen LogP contribution in [-0.2, 0) is 4.79 Å². The van der Waals surface area contributed by atoms with Crippen molar-refractivity contribution in [1.29, 1.82) is 0 Å². The molecule has 118 valence electrons. The molecule has 3 heterocycles. The standard InChI is InChI=1S/C15H26N4O2/c20-14(17-8-2-1-3-9-17)12-18-10-11-19(15(18)21)13-4-6-16-7-5-13/h13,16H,1-12H2. The van der Waals surface area contributed by atoms with E-state index in [1.54, 1.807) is 4.90 Å². The molecule has 6 heteroatoms. The highest BCUT2D eigenvalue weighted by Crippen LogP contribution is 2.19. The van der Waals surface area contributed by atoms with Crippen LogP contribution in [-0.4, -0.2) is 78.5 Å². The van der Waals surface area contributed by atoms with Crippen LogP contribution in [0.5, 0.6) is 0 Å². The predicted octanol–water partition coefficient (Wildman–Crippen LogP) is 0.489. The van der Waals surface area contributed by atoms with Gasteiger partial charge < -0.3 is 20.0 Å². The maximum absolute atomic E-state index is 12.5. The molecular formula is C15H26N4O2. The number of amides is 3. The van der Waals surface area contributed by atoms with Crippen LogP contribution in [0.2, 0.25) is 0 Å². The quantitative estimate of drug-likeness (QED) is 0.824. The lowest BCUT2D eigenvalue weighted by atomic mass is 10.1. The van der Waals surface area contributed by atoms with E-state index in [4.69, 9.17) is 0 Å². The summed E-state index contributed by atoms with van der Waals surface area (Å²) in [6.45, 7) is 5.43. The van der Waals surface area contributed by atoms with E-state index >= 15 is 0 Å². The van der Waals surface area contributed by atoms with E-state index in [1.165, 1.54) is 6.42 Å². The Morgan fingerprint density at radius 1 is 1.05 bits per heavy atom. The van der Waals surface area contributed by atoms with Crippen molar-refractivity contribution in [3.63, 3.8) is 0 Å². The van der Waals surface area contributed by atoms with Gasteiger partial charge in [0.25, 0.3) is 0 Å². The zero-order valence-corrected chi connectivity index (χ0v) is 12.7. The minimum atomic E-state index is 0.0623. The summed E-state index contributed by atoms with van der Waals surface area (Å²) in [6.07, 6.45) is 5.47. The van der Waals surface area contributed by atoms with Crippen LogP contribution in [0.15, 0.2) is 0 Å². The number of piperidine rings is 2. The van der Waals surface area contributed by atoms with Gasteiger partial charge in [0.1, 0.15) is 6.54 Å². The van der Waals surface area contributed by atoms with E-state index in [1.807, 2.05) is 9.80 Å². The second-order valence-corrected chi connectivity index (χ2v) is 6.32. The normalized spacial score (nSPS) is 24.8. The first-order chi connectivity index (χ1) is 10.3. The lowest BCUT2D eigenvalue weighted by Gasteiger charge is -2.32. The SMILES string of the molecule is O=C(CN1CCN(C2CCNCC2)C1=O)N1CCCCC1. The third-order valence-electron chi connectivity index (χ3n) is 4.91. The lowest BCUT2D eigenvalue weighted by Crippen LogP contribution is -2.47. The molecule has 3 aliphatic rings. The second-order valence-electron chi connectivity index (χ2n) is 6.32. The molecule has 0 saturated carbocycles. The second kappa shape index (κ2) is 6.64. The first-order valence-corrected chi connectivity index (χ1v) is 8.30. The fraction of sp³-hybridized carbons (Fsp3) is 0.867. The number of hydrogen-bond donors (Lipinski definition) is 1. The number of carbonyl (C=O) groups is 2. The van der Waals surface area contributed by atoms with Gasteiger partial charge >= 0.3 is 6.03 Å². The Morgan fingerprint density at radius 2 is 1.76 bits per heavy atom. The summed E-state index contributed by atoms with van der Waals surface area (Å²) < 4.78 is 0. The number of nitrogens with zero attached hydrogens (tertiary/aromatic N) is 3. The number of likely N-dealkylation sites (tertiary alicyclic amines) is 1. The third kappa shape index (κ3) is 3.31. The molecule has 0 spiro atoms. The summed E-state index contributed by atoms with van der Waals surface area (Å²) in [5, 5.41) is 3.33. The number of nitrogens with one attached hydrogen (secondary N) is 1. The molecule has 0 unspecified atom stereocenters. The van der Waals surface area contributed by atoms with Crippen molar-refractivity contribution in [2.45, 2.75) is 38.1 Å². The van der Waals surface area contributed by atoms with Gasteiger partial charge in [0.05, 0.1) is 0 Å². The molecule has 1 N–H and O–H groups in total. The van der Waals surface area contributed by atoms with E-state index in [0.717, 1.165) is 58.4 Å². The fourth-order valence-corrected chi connectivity index (χ4v) is 3.61. The Bertz CT molecular complexity index is 389. The van der Waals surface area contributed by atoms with Crippen molar-refractivity contribution >= 4 is 11.9 Å². The highest BCUT2D eigenvalue weighted by atomic mass is 16.2. The summed E-state index contributed by atoms with van der Waals surface area (Å²) in [5.41, 5.74) is 0. The first-order valence-electron chi connectivity index (χ1n) is 8.30. The number of hydrogen-bond acceptors (Lipinski definition) is 3. The van der Waals surface area contributed by atoms with Crippen molar-refractivity contribution in [1.82, 2.24) is 20.0 Å². The Labute approximate surface area is 126 Å². The van der Waals surface area contributed by atoms with Crippen LogP contribution in [0.1, 0.15) is 32.1 Å². The molecule has 3 fully saturated rings. The molecule has 0 aromatic heterocycles. The minimum absolute atomic E-state index is 0.0623. The molecule has 0 aliphatic carbocycles. The molecule has 3 amide bonds. The van der Waals surface area contributed by atoms with Crippen LogP contribution < -0.4 is 5.32 Å². The molecule has 0 aromatic carbocycles. The Balaban J connectivity index is 1.52. The van der Waals surface area contributed by atoms with Gasteiger partial charge in [0.15, 0.2) is 0 Å². The van der Waals surface area contributed by atoms with Crippen molar-refractivity contribution in [2.75, 3.05) is 45.8 Å². The Hall–Kier alpha value is -1.30.